The monoisotopic (exact) mass is 183 g/mol. The lowest BCUT2D eigenvalue weighted by Gasteiger charge is -2.11. The molecule has 0 fully saturated rings. The zero-order valence-electron chi connectivity index (χ0n) is 7.16. The first-order valence-electron chi connectivity index (χ1n) is 3.78. The molecule has 1 unspecified atom stereocenters. The summed E-state index contributed by atoms with van der Waals surface area (Å²) in [5.41, 5.74) is 6.05. The first kappa shape index (κ1) is 9.67. The van der Waals surface area contributed by atoms with Crippen molar-refractivity contribution in [1.82, 2.24) is 0 Å². The number of benzene rings is 1. The molecule has 0 aliphatic rings. The Labute approximate surface area is 75.3 Å². The summed E-state index contributed by atoms with van der Waals surface area (Å²) in [5, 5.41) is 0. The minimum Gasteiger partial charge on any atom is -0.443 e. The Bertz CT molecular complexity index is 297. The van der Waals surface area contributed by atoms with E-state index in [1.807, 2.05) is 0 Å². The Hall–Kier alpha value is -1.42. The van der Waals surface area contributed by atoms with Crippen LogP contribution in [0.5, 0.6) is 0 Å². The number of halogens is 1. The highest BCUT2D eigenvalue weighted by Crippen LogP contribution is 2.12. The zero-order valence-corrected chi connectivity index (χ0v) is 7.16. The molecule has 0 aliphatic carbocycles. The van der Waals surface area contributed by atoms with Gasteiger partial charge in [0.25, 0.3) is 0 Å². The molecule has 0 aromatic heterocycles. The fraction of sp³-hybridized carbons (Fsp3) is 0.222. The van der Waals surface area contributed by atoms with Crippen molar-refractivity contribution in [2.24, 2.45) is 5.73 Å². The topological polar surface area (TPSA) is 52.3 Å². The van der Waals surface area contributed by atoms with Gasteiger partial charge in [0, 0.05) is 12.5 Å². The molecule has 0 radical (unpaired) electrons. The van der Waals surface area contributed by atoms with Gasteiger partial charge in [-0.2, -0.15) is 0 Å². The largest absolute Gasteiger partial charge is 0.443 e. The van der Waals surface area contributed by atoms with E-state index in [1.54, 1.807) is 0 Å². The van der Waals surface area contributed by atoms with Gasteiger partial charge in [-0.25, -0.2) is 4.39 Å². The molecule has 0 bridgehead atoms. The molecule has 1 aromatic carbocycles. The van der Waals surface area contributed by atoms with Gasteiger partial charge in [0.05, 0.1) is 0 Å². The average Bonchev–Trinajstić information content (AvgIpc) is 2.04. The standard InChI is InChI=1S/C9H10FNO2/c1-6(12)13-9(11)7-2-4-8(10)5-3-7/h2-5,9H,11H2,1H3. The van der Waals surface area contributed by atoms with Gasteiger partial charge in [-0.15, -0.1) is 0 Å². The Morgan fingerprint density at radius 3 is 2.46 bits per heavy atom. The summed E-state index contributed by atoms with van der Waals surface area (Å²) in [4.78, 5) is 10.5. The average molecular weight is 183 g/mol. The smallest absolute Gasteiger partial charge is 0.304 e. The quantitative estimate of drug-likeness (QED) is 0.556. The highest BCUT2D eigenvalue weighted by atomic mass is 19.1. The molecule has 0 amide bonds. The van der Waals surface area contributed by atoms with Crippen molar-refractivity contribution in [3.63, 3.8) is 0 Å². The number of carbonyl (C=O) groups excluding carboxylic acids is 1. The van der Waals surface area contributed by atoms with Crippen LogP contribution in [-0.4, -0.2) is 5.97 Å². The Morgan fingerprint density at radius 2 is 2.00 bits per heavy atom. The van der Waals surface area contributed by atoms with Crippen molar-refractivity contribution >= 4 is 5.97 Å². The van der Waals surface area contributed by atoms with E-state index in [-0.39, 0.29) is 5.82 Å². The van der Waals surface area contributed by atoms with Crippen molar-refractivity contribution in [3.05, 3.63) is 35.6 Å². The maximum Gasteiger partial charge on any atom is 0.304 e. The summed E-state index contributed by atoms with van der Waals surface area (Å²) in [7, 11) is 0. The van der Waals surface area contributed by atoms with Crippen LogP contribution >= 0.6 is 0 Å². The van der Waals surface area contributed by atoms with Crippen LogP contribution in [0.15, 0.2) is 24.3 Å². The number of rotatable bonds is 2. The van der Waals surface area contributed by atoms with Crippen LogP contribution in [0.3, 0.4) is 0 Å². The van der Waals surface area contributed by atoms with Crippen LogP contribution in [0, 0.1) is 5.82 Å². The van der Waals surface area contributed by atoms with E-state index in [0.717, 1.165) is 0 Å². The van der Waals surface area contributed by atoms with Crippen LogP contribution in [0.4, 0.5) is 4.39 Å². The molecular formula is C9H10FNO2. The van der Waals surface area contributed by atoms with Crippen molar-refractivity contribution in [2.45, 2.75) is 13.2 Å². The third-order valence-corrected chi connectivity index (χ3v) is 1.49. The summed E-state index contributed by atoms with van der Waals surface area (Å²) in [6.07, 6.45) is -0.821. The second-order valence-corrected chi connectivity index (χ2v) is 2.58. The molecule has 1 atom stereocenters. The highest BCUT2D eigenvalue weighted by molar-refractivity contribution is 5.66. The minimum atomic E-state index is -0.821. The van der Waals surface area contributed by atoms with Crippen molar-refractivity contribution < 1.29 is 13.9 Å². The van der Waals surface area contributed by atoms with Gasteiger partial charge >= 0.3 is 5.97 Å². The van der Waals surface area contributed by atoms with Crippen molar-refractivity contribution in [2.75, 3.05) is 0 Å². The molecule has 0 heterocycles. The van der Waals surface area contributed by atoms with Gasteiger partial charge in [-0.3, -0.25) is 10.5 Å². The first-order valence-corrected chi connectivity index (χ1v) is 3.78. The van der Waals surface area contributed by atoms with Crippen LogP contribution in [0.1, 0.15) is 18.7 Å². The summed E-state index contributed by atoms with van der Waals surface area (Å²) in [6, 6.07) is 5.48. The lowest BCUT2D eigenvalue weighted by Crippen LogP contribution is -2.16. The van der Waals surface area contributed by atoms with E-state index < -0.39 is 12.2 Å². The molecule has 1 aromatic rings. The number of carbonyl (C=O) groups is 1. The molecule has 0 spiro atoms. The molecule has 0 saturated carbocycles. The summed E-state index contributed by atoms with van der Waals surface area (Å²) in [6.45, 7) is 1.27. The van der Waals surface area contributed by atoms with Gasteiger partial charge < -0.3 is 4.74 Å². The summed E-state index contributed by atoms with van der Waals surface area (Å²) in [5.74, 6) is -0.810. The highest BCUT2D eigenvalue weighted by Gasteiger charge is 2.07. The van der Waals surface area contributed by atoms with Gasteiger partial charge in [0.15, 0.2) is 6.23 Å². The van der Waals surface area contributed by atoms with Gasteiger partial charge in [0.2, 0.25) is 0 Å². The maximum atomic E-state index is 12.5. The number of hydrogen-bond donors (Lipinski definition) is 1. The number of esters is 1. The lowest BCUT2D eigenvalue weighted by molar-refractivity contribution is -0.146. The van der Waals surface area contributed by atoms with E-state index in [0.29, 0.717) is 5.56 Å². The minimum absolute atomic E-state index is 0.348. The van der Waals surface area contributed by atoms with Crippen LogP contribution in [-0.2, 0) is 9.53 Å². The fourth-order valence-corrected chi connectivity index (χ4v) is 0.899. The first-order chi connectivity index (χ1) is 6.09. The second kappa shape index (κ2) is 4.00. The second-order valence-electron chi connectivity index (χ2n) is 2.58. The molecule has 0 aliphatic heterocycles. The summed E-state index contributed by atoms with van der Waals surface area (Å²) < 4.78 is 17.2. The number of hydrogen-bond acceptors (Lipinski definition) is 3. The Kier molecular flexibility index (Phi) is 2.97. The Morgan fingerprint density at radius 1 is 1.46 bits per heavy atom. The summed E-state index contributed by atoms with van der Waals surface area (Å²) >= 11 is 0. The normalized spacial score (nSPS) is 12.2. The molecule has 2 N–H and O–H groups in total. The number of ether oxygens (including phenoxy) is 1. The molecule has 13 heavy (non-hydrogen) atoms. The lowest BCUT2D eigenvalue weighted by atomic mass is 10.2. The SMILES string of the molecule is CC(=O)OC(N)c1ccc(F)cc1. The van der Waals surface area contributed by atoms with Crippen molar-refractivity contribution in [1.29, 1.82) is 0 Å². The third kappa shape index (κ3) is 2.83. The van der Waals surface area contributed by atoms with Crippen molar-refractivity contribution in [3.8, 4) is 0 Å². The van der Waals surface area contributed by atoms with E-state index in [1.165, 1.54) is 31.2 Å². The fourth-order valence-electron chi connectivity index (χ4n) is 0.899. The van der Waals surface area contributed by atoms with Gasteiger partial charge in [-0.05, 0) is 12.1 Å². The van der Waals surface area contributed by atoms with Crippen LogP contribution < -0.4 is 5.73 Å². The van der Waals surface area contributed by atoms with E-state index in [4.69, 9.17) is 10.5 Å². The molecule has 1 rings (SSSR count). The molecular weight excluding hydrogens is 173 g/mol. The molecule has 4 heteroatoms. The molecule has 0 saturated heterocycles. The van der Waals surface area contributed by atoms with Gasteiger partial charge in [0.1, 0.15) is 5.82 Å². The molecule has 70 valence electrons. The maximum absolute atomic E-state index is 12.5. The third-order valence-electron chi connectivity index (χ3n) is 1.49. The van der Waals surface area contributed by atoms with E-state index in [2.05, 4.69) is 0 Å². The predicted octanol–water partition coefficient (Wildman–Crippen LogP) is 1.35. The zero-order chi connectivity index (χ0) is 9.84. The van der Waals surface area contributed by atoms with Crippen LogP contribution in [0.2, 0.25) is 0 Å². The van der Waals surface area contributed by atoms with E-state index in [9.17, 15) is 9.18 Å². The Balaban J connectivity index is 2.71. The van der Waals surface area contributed by atoms with Crippen LogP contribution in [0.25, 0.3) is 0 Å². The van der Waals surface area contributed by atoms with Gasteiger partial charge in [-0.1, -0.05) is 12.1 Å². The van der Waals surface area contributed by atoms with E-state index >= 15 is 0 Å². The predicted molar refractivity (Wildman–Crippen MR) is 45.1 cm³/mol. The number of nitrogens with two attached hydrogens (primary N) is 1. The molecule has 3 nitrogen and oxygen atoms in total.